The van der Waals surface area contributed by atoms with E-state index in [4.69, 9.17) is 0 Å². The lowest BCUT2D eigenvalue weighted by Crippen LogP contribution is -2.22. The van der Waals surface area contributed by atoms with Gasteiger partial charge in [0.05, 0.1) is 10.2 Å². The maximum Gasteiger partial charge on any atom is 0.0590 e. The number of anilines is 1. The van der Waals surface area contributed by atoms with Crippen molar-refractivity contribution in [1.82, 2.24) is 4.98 Å². The Labute approximate surface area is 94.9 Å². The number of rotatable bonds is 4. The quantitative estimate of drug-likeness (QED) is 0.915. The molecule has 0 spiro atoms. The summed E-state index contributed by atoms with van der Waals surface area (Å²) in [6.45, 7) is 2.01. The van der Waals surface area contributed by atoms with E-state index in [1.807, 2.05) is 13.0 Å². The first-order chi connectivity index (χ1) is 6.59. The molecule has 0 saturated heterocycles. The lowest BCUT2D eigenvalue weighted by molar-refractivity contribution is 0.683. The summed E-state index contributed by atoms with van der Waals surface area (Å²) in [5.41, 5.74) is 0.984. The predicted octanol–water partition coefficient (Wildman–Crippen LogP) is 2.02. The maximum atomic E-state index is 11.0. The average Bonchev–Trinajstić information content (AvgIpc) is 2.07. The fourth-order valence-corrected chi connectivity index (χ4v) is 2.30. The van der Waals surface area contributed by atoms with Crippen molar-refractivity contribution < 1.29 is 4.21 Å². The molecule has 1 N–H and O–H groups in total. The molecule has 0 aliphatic rings. The van der Waals surface area contributed by atoms with Crippen LogP contribution >= 0.6 is 15.9 Å². The Balaban J connectivity index is 2.60. The molecule has 0 fully saturated rings. The molecular formula is C9H13BrN2OS. The van der Waals surface area contributed by atoms with Crippen LogP contribution in [0.3, 0.4) is 0 Å². The number of aromatic nitrogens is 1. The smallest absolute Gasteiger partial charge is 0.0590 e. The molecule has 1 heterocycles. The second kappa shape index (κ2) is 5.46. The van der Waals surface area contributed by atoms with Gasteiger partial charge in [0.25, 0.3) is 0 Å². The molecule has 1 aromatic rings. The van der Waals surface area contributed by atoms with Crippen molar-refractivity contribution in [3.63, 3.8) is 0 Å². The van der Waals surface area contributed by atoms with E-state index in [0.717, 1.165) is 10.2 Å². The van der Waals surface area contributed by atoms with Crippen LogP contribution in [0.1, 0.15) is 6.92 Å². The highest BCUT2D eigenvalue weighted by Gasteiger charge is 2.05. The third-order valence-electron chi connectivity index (χ3n) is 1.66. The highest BCUT2D eigenvalue weighted by molar-refractivity contribution is 9.10. The lowest BCUT2D eigenvalue weighted by Gasteiger charge is -2.14. The maximum absolute atomic E-state index is 11.0. The Bertz CT molecular complexity index is 332. The van der Waals surface area contributed by atoms with Crippen LogP contribution in [-0.2, 0) is 10.8 Å². The summed E-state index contributed by atoms with van der Waals surface area (Å²) in [4.78, 5) is 3.97. The van der Waals surface area contributed by atoms with Crippen molar-refractivity contribution in [2.75, 3.05) is 17.3 Å². The third kappa shape index (κ3) is 3.75. The van der Waals surface area contributed by atoms with E-state index in [1.54, 1.807) is 18.6 Å². The van der Waals surface area contributed by atoms with Crippen LogP contribution in [0.2, 0.25) is 0 Å². The van der Waals surface area contributed by atoms with Gasteiger partial charge in [-0.3, -0.25) is 9.19 Å². The monoisotopic (exact) mass is 276 g/mol. The van der Waals surface area contributed by atoms with Crippen molar-refractivity contribution in [1.29, 1.82) is 0 Å². The Hall–Kier alpha value is -0.420. The zero-order chi connectivity index (χ0) is 10.6. The highest BCUT2D eigenvalue weighted by Crippen LogP contribution is 2.20. The van der Waals surface area contributed by atoms with Crippen molar-refractivity contribution >= 4 is 32.4 Å². The van der Waals surface area contributed by atoms with Crippen LogP contribution in [0.15, 0.2) is 22.9 Å². The fraction of sp³-hybridized carbons (Fsp3) is 0.444. The Morgan fingerprint density at radius 2 is 2.43 bits per heavy atom. The normalized spacial score (nSPS) is 14.8. The zero-order valence-electron chi connectivity index (χ0n) is 8.16. The van der Waals surface area contributed by atoms with E-state index in [1.165, 1.54) is 0 Å². The van der Waals surface area contributed by atoms with Gasteiger partial charge in [-0.2, -0.15) is 0 Å². The minimum atomic E-state index is -0.769. The second-order valence-corrected chi connectivity index (χ2v) is 5.47. The lowest BCUT2D eigenvalue weighted by atomic mass is 10.3. The number of hydrogen-bond acceptors (Lipinski definition) is 3. The van der Waals surface area contributed by atoms with E-state index in [0.29, 0.717) is 5.75 Å². The van der Waals surface area contributed by atoms with Gasteiger partial charge in [-0.05, 0) is 28.9 Å². The zero-order valence-corrected chi connectivity index (χ0v) is 10.6. The van der Waals surface area contributed by atoms with Crippen LogP contribution in [-0.4, -0.2) is 27.2 Å². The molecule has 5 heteroatoms. The van der Waals surface area contributed by atoms with Gasteiger partial charge < -0.3 is 5.32 Å². The first-order valence-electron chi connectivity index (χ1n) is 4.25. The number of nitrogens with zero attached hydrogens (tertiary/aromatic N) is 1. The molecule has 0 amide bonds. The summed E-state index contributed by atoms with van der Waals surface area (Å²) in [5.74, 6) is 0.648. The van der Waals surface area contributed by atoms with Gasteiger partial charge in [0, 0.05) is 41.2 Å². The molecule has 2 unspecified atom stereocenters. The van der Waals surface area contributed by atoms with Gasteiger partial charge in [-0.25, -0.2) is 0 Å². The largest absolute Gasteiger partial charge is 0.381 e. The first kappa shape index (κ1) is 11.7. The van der Waals surface area contributed by atoms with Crippen LogP contribution in [0, 0.1) is 0 Å². The van der Waals surface area contributed by atoms with Gasteiger partial charge in [0.2, 0.25) is 0 Å². The van der Waals surface area contributed by atoms with Crippen LogP contribution in [0.25, 0.3) is 0 Å². The molecule has 0 saturated carbocycles. The summed E-state index contributed by atoms with van der Waals surface area (Å²) in [6.07, 6.45) is 5.17. The summed E-state index contributed by atoms with van der Waals surface area (Å²) < 4.78 is 11.9. The number of halogens is 1. The molecule has 0 aliphatic heterocycles. The van der Waals surface area contributed by atoms with E-state index in [-0.39, 0.29) is 6.04 Å². The molecule has 0 aromatic carbocycles. The Kier molecular flexibility index (Phi) is 4.54. The topological polar surface area (TPSA) is 42.0 Å². The van der Waals surface area contributed by atoms with E-state index < -0.39 is 10.8 Å². The van der Waals surface area contributed by atoms with Crippen LogP contribution in [0.4, 0.5) is 5.69 Å². The number of hydrogen-bond donors (Lipinski definition) is 1. The molecular weight excluding hydrogens is 264 g/mol. The van der Waals surface area contributed by atoms with Gasteiger partial charge in [-0.15, -0.1) is 0 Å². The van der Waals surface area contributed by atoms with Crippen LogP contribution in [0.5, 0.6) is 0 Å². The number of pyridine rings is 1. The minimum Gasteiger partial charge on any atom is -0.381 e. The van der Waals surface area contributed by atoms with Gasteiger partial charge in [-0.1, -0.05) is 0 Å². The predicted molar refractivity (Wildman–Crippen MR) is 64.0 cm³/mol. The third-order valence-corrected chi connectivity index (χ3v) is 3.26. The fourth-order valence-electron chi connectivity index (χ4n) is 1.15. The number of nitrogens with one attached hydrogen (secondary N) is 1. The van der Waals surface area contributed by atoms with Crippen LogP contribution < -0.4 is 5.32 Å². The molecule has 0 bridgehead atoms. The minimum absolute atomic E-state index is 0.194. The van der Waals surface area contributed by atoms with E-state index in [2.05, 4.69) is 26.2 Å². The molecule has 14 heavy (non-hydrogen) atoms. The Morgan fingerprint density at radius 3 is 3.00 bits per heavy atom. The van der Waals surface area contributed by atoms with E-state index in [9.17, 15) is 4.21 Å². The van der Waals surface area contributed by atoms with Gasteiger partial charge >= 0.3 is 0 Å². The molecule has 3 nitrogen and oxygen atoms in total. The van der Waals surface area contributed by atoms with E-state index >= 15 is 0 Å². The standard InChI is InChI=1S/C9H13BrN2OS/c1-7(6-14(2)13)12-9-3-4-11-5-8(9)10/h3-5,7H,6H2,1-2H3,(H,11,12). The first-order valence-corrected chi connectivity index (χ1v) is 6.77. The molecule has 1 rings (SSSR count). The summed E-state index contributed by atoms with van der Waals surface area (Å²) in [7, 11) is -0.769. The van der Waals surface area contributed by atoms with Gasteiger partial charge in [0.15, 0.2) is 0 Å². The van der Waals surface area contributed by atoms with Gasteiger partial charge in [0.1, 0.15) is 0 Å². The highest BCUT2D eigenvalue weighted by atomic mass is 79.9. The SMILES string of the molecule is CC(CS(C)=O)Nc1ccncc1Br. The van der Waals surface area contributed by atoms with Crippen molar-refractivity contribution in [2.45, 2.75) is 13.0 Å². The summed E-state index contributed by atoms with van der Waals surface area (Å²) in [6, 6.07) is 2.08. The van der Waals surface area contributed by atoms with Crippen molar-refractivity contribution in [3.8, 4) is 0 Å². The molecule has 0 aliphatic carbocycles. The van der Waals surface area contributed by atoms with Crippen molar-refractivity contribution in [3.05, 3.63) is 22.9 Å². The molecule has 0 radical (unpaired) electrons. The summed E-state index contributed by atoms with van der Waals surface area (Å²) >= 11 is 3.39. The average molecular weight is 277 g/mol. The summed E-state index contributed by atoms with van der Waals surface area (Å²) in [5, 5.41) is 3.26. The second-order valence-electron chi connectivity index (χ2n) is 3.14. The molecule has 1 aromatic heterocycles. The Morgan fingerprint density at radius 1 is 1.71 bits per heavy atom. The molecule has 2 atom stereocenters. The molecule has 78 valence electrons. The van der Waals surface area contributed by atoms with Crippen molar-refractivity contribution in [2.24, 2.45) is 0 Å².